The molecular weight excluding hydrogens is 714 g/mol. The van der Waals surface area contributed by atoms with Crippen molar-refractivity contribution in [3.8, 4) is 44.5 Å². The monoisotopic (exact) mass is 744 g/mol. The topological polar surface area (TPSA) is 25.8 Å². The molecule has 0 spiro atoms. The van der Waals surface area contributed by atoms with Gasteiger partial charge in [0.25, 0.3) is 0 Å². The average molecular weight is 743 g/mol. The zero-order valence-electron chi connectivity index (χ0n) is 25.9. The molecule has 8 bridgehead atoms. The molecule has 0 unspecified atom stereocenters. The number of aromatic nitrogens is 2. The molecule has 2 aliphatic rings. The number of hydrogen-bond acceptors (Lipinski definition) is 2. The second-order valence-electron chi connectivity index (χ2n) is 11.7. The first-order valence-corrected chi connectivity index (χ1v) is 19.4. The van der Waals surface area contributed by atoms with Crippen LogP contribution in [0.3, 0.4) is 0 Å². The first-order chi connectivity index (χ1) is 23.8. The van der Waals surface area contributed by atoms with Gasteiger partial charge in [-0.1, -0.05) is 0 Å². The molecule has 5 heterocycles. The van der Waals surface area contributed by atoms with Crippen LogP contribution in [-0.4, -0.2) is 39.0 Å². The molecule has 0 fully saturated rings. The Hall–Kier alpha value is -5.08. The van der Waals surface area contributed by atoms with E-state index in [-0.39, 0.29) is 29.0 Å². The maximum atomic E-state index is 5.45. The third-order valence-corrected chi connectivity index (χ3v) is 13.5. The molecule has 3 aromatic heterocycles. The van der Waals surface area contributed by atoms with E-state index in [9.17, 15) is 0 Å². The minimum atomic E-state index is 0.0385. The van der Waals surface area contributed by atoms with Crippen molar-refractivity contribution in [1.82, 2.24) is 9.97 Å². The van der Waals surface area contributed by atoms with Crippen LogP contribution in [0.15, 0.2) is 146 Å². The van der Waals surface area contributed by atoms with Gasteiger partial charge in [-0.25, -0.2) is 0 Å². The fraction of sp³-hybridized carbons (Fsp3) is 0. The van der Waals surface area contributed by atoms with Crippen LogP contribution in [0, 0.1) is 0 Å². The third-order valence-electron chi connectivity index (χ3n) is 8.75. The summed E-state index contributed by atoms with van der Waals surface area (Å²) >= 11 is 0.0770. The van der Waals surface area contributed by atoms with E-state index in [4.69, 9.17) is 9.97 Å². The normalized spacial score (nSPS) is 12.0. The summed E-state index contributed by atoms with van der Waals surface area (Å²) in [5.41, 5.74) is 13.7. The van der Waals surface area contributed by atoms with Crippen LogP contribution in [0.1, 0.15) is 22.8 Å². The fourth-order valence-electron chi connectivity index (χ4n) is 6.58. The van der Waals surface area contributed by atoms with Gasteiger partial charge in [0.05, 0.1) is 0 Å². The van der Waals surface area contributed by atoms with E-state index in [0.717, 1.165) is 22.8 Å². The molecular formula is C44H28N2Se2. The second kappa shape index (κ2) is 12.5. The predicted octanol–water partition coefficient (Wildman–Crippen LogP) is 10.8. The molecule has 0 amide bonds. The van der Waals surface area contributed by atoms with Crippen molar-refractivity contribution in [2.24, 2.45) is 0 Å². The summed E-state index contributed by atoms with van der Waals surface area (Å²) in [6.45, 7) is 0. The summed E-state index contributed by atoms with van der Waals surface area (Å²) in [6.07, 6.45) is 8.88. The van der Waals surface area contributed by atoms with E-state index >= 15 is 0 Å². The van der Waals surface area contributed by atoms with E-state index < -0.39 is 0 Å². The summed E-state index contributed by atoms with van der Waals surface area (Å²) in [6, 6.07) is 52.3. The third kappa shape index (κ3) is 5.30. The predicted molar refractivity (Wildman–Crippen MR) is 206 cm³/mol. The van der Waals surface area contributed by atoms with Crippen LogP contribution < -0.4 is 0 Å². The van der Waals surface area contributed by atoms with Crippen molar-refractivity contribution in [1.29, 1.82) is 0 Å². The van der Waals surface area contributed by atoms with Gasteiger partial charge in [-0.2, -0.15) is 0 Å². The zero-order chi connectivity index (χ0) is 31.9. The van der Waals surface area contributed by atoms with Crippen LogP contribution in [-0.2, 0) is 0 Å². The molecule has 0 saturated carbocycles. The number of nitrogens with zero attached hydrogens (tertiary/aromatic N) is 2. The maximum absolute atomic E-state index is 5.45. The van der Waals surface area contributed by atoms with E-state index in [0.29, 0.717) is 0 Å². The number of fused-ring (bicyclic) bond motifs is 8. The average Bonchev–Trinajstić information content (AvgIpc) is 3.98. The Morgan fingerprint density at radius 2 is 0.500 bits per heavy atom. The van der Waals surface area contributed by atoms with Crippen molar-refractivity contribution in [3.63, 3.8) is 0 Å². The molecule has 2 aliphatic heterocycles. The molecule has 9 rings (SSSR count). The van der Waals surface area contributed by atoms with Gasteiger partial charge in [0.15, 0.2) is 0 Å². The molecule has 0 radical (unpaired) electrons. The van der Waals surface area contributed by atoms with Crippen molar-refractivity contribution in [2.45, 2.75) is 0 Å². The fourth-order valence-corrected chi connectivity index (χ4v) is 11.4. The van der Waals surface area contributed by atoms with Crippen LogP contribution in [0.4, 0.5) is 0 Å². The van der Waals surface area contributed by atoms with Crippen molar-refractivity contribution in [2.75, 3.05) is 0 Å². The van der Waals surface area contributed by atoms with Crippen molar-refractivity contribution in [3.05, 3.63) is 168 Å². The van der Waals surface area contributed by atoms with Gasteiger partial charge in [0.1, 0.15) is 0 Å². The summed E-state index contributed by atoms with van der Waals surface area (Å²) in [4.78, 5) is 10.9. The molecule has 2 nitrogen and oxygen atoms in total. The standard InChI is InChI=1S/C44H28N2Se2/c1-5-13-29(14-6-1)41-33-21-22-34(45-33)42(30-15-7-2-8-16-30)39-27-28-40(48-39)44(32-19-11-4-12-20-32)36-24-23-35(46-36)43(31-17-9-3-10-18-31)38-26-25-37(41)47-38/h1-28H. The molecule has 0 N–H and O–H groups in total. The van der Waals surface area contributed by atoms with Gasteiger partial charge in [-0.15, -0.1) is 0 Å². The Balaban J connectivity index is 1.49. The summed E-state index contributed by atoms with van der Waals surface area (Å²) in [5.74, 6) is 0. The number of rotatable bonds is 4. The van der Waals surface area contributed by atoms with Gasteiger partial charge >= 0.3 is 293 Å². The molecule has 7 aromatic rings. The number of benzene rings is 4. The van der Waals surface area contributed by atoms with Gasteiger partial charge in [0, 0.05) is 0 Å². The van der Waals surface area contributed by atoms with Crippen LogP contribution >= 0.6 is 0 Å². The molecule has 4 aromatic carbocycles. The van der Waals surface area contributed by atoms with Crippen LogP contribution in [0.5, 0.6) is 0 Å². The Bertz CT molecular complexity index is 2180. The first kappa shape index (κ1) is 29.1. The molecule has 0 saturated heterocycles. The minimum absolute atomic E-state index is 0.0385. The summed E-state index contributed by atoms with van der Waals surface area (Å²) in [7, 11) is 0. The molecule has 226 valence electrons. The second-order valence-corrected chi connectivity index (χ2v) is 16.3. The van der Waals surface area contributed by atoms with Crippen molar-refractivity contribution >= 4 is 70.4 Å². The summed E-state index contributed by atoms with van der Waals surface area (Å²) < 4.78 is 5.30. The van der Waals surface area contributed by atoms with E-state index in [1.165, 1.54) is 61.5 Å². The van der Waals surface area contributed by atoms with E-state index in [1.807, 2.05) is 0 Å². The Morgan fingerprint density at radius 1 is 0.271 bits per heavy atom. The Labute approximate surface area is 291 Å². The molecule has 4 heteroatoms. The van der Waals surface area contributed by atoms with Gasteiger partial charge in [-0.05, 0) is 0 Å². The summed E-state index contributed by atoms with van der Waals surface area (Å²) in [5, 5.41) is 0. The molecule has 0 atom stereocenters. The molecule has 0 aliphatic carbocycles. The Kier molecular flexibility index (Phi) is 7.58. The van der Waals surface area contributed by atoms with Crippen LogP contribution in [0.25, 0.3) is 85.9 Å². The van der Waals surface area contributed by atoms with Gasteiger partial charge in [-0.3, -0.25) is 0 Å². The van der Waals surface area contributed by atoms with E-state index in [1.54, 1.807) is 0 Å². The number of hydrogen-bond donors (Lipinski definition) is 0. The quantitative estimate of drug-likeness (QED) is 0.168. The van der Waals surface area contributed by atoms with E-state index in [2.05, 4.69) is 170 Å². The Morgan fingerprint density at radius 3 is 0.729 bits per heavy atom. The van der Waals surface area contributed by atoms with Gasteiger partial charge < -0.3 is 0 Å². The zero-order valence-corrected chi connectivity index (χ0v) is 29.3. The van der Waals surface area contributed by atoms with Crippen molar-refractivity contribution < 1.29 is 0 Å². The van der Waals surface area contributed by atoms with Gasteiger partial charge in [0.2, 0.25) is 0 Å². The first-order valence-electron chi connectivity index (χ1n) is 16.0. The van der Waals surface area contributed by atoms with Crippen LogP contribution in [0.2, 0.25) is 0 Å². The molecule has 48 heavy (non-hydrogen) atoms. The SMILES string of the molecule is C1=Cc2nc1c(-c1ccccc1)c1ccc([se]1)c(-c1ccccc1)c1nc(c(-c3ccccc3)c3ccc([se]3)c2-c2ccccc2)C=C1.